The predicted octanol–water partition coefficient (Wildman–Crippen LogP) is -0.532. The molecular formula is C13H21INO2-. The summed E-state index contributed by atoms with van der Waals surface area (Å²) in [7, 11) is 1.67. The standard InChI is InChI=1S/C13H21INO2/c1-14-15-9-4-3-5-10-17-13-8-6-7-12(11-13)16-2/h6-8,11,15H,3-5,9-10H2,1-2H3/q-1. The van der Waals surface area contributed by atoms with E-state index in [1.54, 1.807) is 7.11 Å². The molecule has 98 valence electrons. The maximum atomic E-state index is 5.66. The van der Waals surface area contributed by atoms with Gasteiger partial charge in [-0.3, -0.25) is 0 Å². The Hall–Kier alpha value is -0.490. The van der Waals surface area contributed by atoms with Crippen LogP contribution >= 0.6 is 0 Å². The van der Waals surface area contributed by atoms with Gasteiger partial charge in [-0.15, -0.1) is 0 Å². The molecule has 4 heteroatoms. The van der Waals surface area contributed by atoms with Crippen molar-refractivity contribution in [1.82, 2.24) is 3.53 Å². The van der Waals surface area contributed by atoms with Crippen LogP contribution in [-0.4, -0.2) is 25.2 Å². The number of hydrogen-bond acceptors (Lipinski definition) is 3. The van der Waals surface area contributed by atoms with Crippen molar-refractivity contribution in [2.24, 2.45) is 0 Å². The maximum absolute atomic E-state index is 5.66. The van der Waals surface area contributed by atoms with Gasteiger partial charge in [-0.25, -0.2) is 0 Å². The van der Waals surface area contributed by atoms with Crippen LogP contribution in [0.2, 0.25) is 0 Å². The van der Waals surface area contributed by atoms with Crippen molar-refractivity contribution < 1.29 is 31.0 Å². The van der Waals surface area contributed by atoms with Gasteiger partial charge in [-0.05, 0) is 0 Å². The van der Waals surface area contributed by atoms with Gasteiger partial charge in [-0.2, -0.15) is 0 Å². The van der Waals surface area contributed by atoms with E-state index in [-0.39, 0.29) is 21.5 Å². The van der Waals surface area contributed by atoms with E-state index in [1.807, 2.05) is 24.3 Å². The molecular weight excluding hydrogens is 329 g/mol. The summed E-state index contributed by atoms with van der Waals surface area (Å²) in [6.45, 7) is 1.94. The monoisotopic (exact) mass is 350 g/mol. The van der Waals surface area contributed by atoms with Crippen LogP contribution in [0, 0.1) is 0 Å². The first-order chi connectivity index (χ1) is 8.36. The second-order valence-electron chi connectivity index (χ2n) is 3.66. The van der Waals surface area contributed by atoms with Crippen LogP contribution in [0.4, 0.5) is 0 Å². The summed E-state index contributed by atoms with van der Waals surface area (Å²) in [5.41, 5.74) is 0. The molecule has 0 atom stereocenters. The molecule has 0 fully saturated rings. The van der Waals surface area contributed by atoms with Crippen LogP contribution in [0.15, 0.2) is 24.3 Å². The number of alkyl halides is 1. The van der Waals surface area contributed by atoms with Crippen molar-refractivity contribution in [2.45, 2.75) is 19.3 Å². The van der Waals surface area contributed by atoms with Gasteiger partial charge in [-0.1, -0.05) is 0 Å². The summed E-state index contributed by atoms with van der Waals surface area (Å²) >= 11 is 0.244. The fraction of sp³-hybridized carbons (Fsp3) is 0.538. The van der Waals surface area contributed by atoms with Crippen LogP contribution in [-0.2, 0) is 0 Å². The summed E-state index contributed by atoms with van der Waals surface area (Å²) in [4.78, 5) is 2.24. The number of halogens is 1. The van der Waals surface area contributed by atoms with Crippen molar-refractivity contribution in [1.29, 1.82) is 0 Å². The van der Waals surface area contributed by atoms with Crippen LogP contribution < -0.4 is 34.5 Å². The predicted molar refractivity (Wildman–Crippen MR) is 66.3 cm³/mol. The molecule has 0 radical (unpaired) electrons. The number of methoxy groups -OCH3 is 1. The first kappa shape index (κ1) is 14.6. The first-order valence-corrected chi connectivity index (χ1v) is 9.08. The molecule has 0 amide bonds. The SMILES string of the molecule is COc1cccc(OCCCCCN[I-]C)c1. The van der Waals surface area contributed by atoms with Crippen molar-refractivity contribution >= 4 is 0 Å². The van der Waals surface area contributed by atoms with E-state index < -0.39 is 0 Å². The fourth-order valence-electron chi connectivity index (χ4n) is 1.45. The first-order valence-electron chi connectivity index (χ1n) is 5.85. The molecule has 0 aliphatic carbocycles. The second-order valence-corrected chi connectivity index (χ2v) is 5.50. The summed E-state index contributed by atoms with van der Waals surface area (Å²) in [6, 6.07) is 7.75. The molecule has 0 aliphatic rings. The van der Waals surface area contributed by atoms with E-state index >= 15 is 0 Å². The van der Waals surface area contributed by atoms with Gasteiger partial charge < -0.3 is 0 Å². The second kappa shape index (κ2) is 9.53. The molecule has 1 rings (SSSR count). The van der Waals surface area contributed by atoms with Crippen LogP contribution in [0.5, 0.6) is 11.5 Å². The molecule has 3 nitrogen and oxygen atoms in total. The molecule has 0 heterocycles. The van der Waals surface area contributed by atoms with E-state index in [0.717, 1.165) is 31.1 Å². The Kier molecular flexibility index (Phi) is 8.17. The summed E-state index contributed by atoms with van der Waals surface area (Å²) in [6.07, 6.45) is 3.58. The topological polar surface area (TPSA) is 30.5 Å². The average molecular weight is 350 g/mol. The third kappa shape index (κ3) is 6.73. The average Bonchev–Trinajstić information content (AvgIpc) is 2.38. The normalized spacial score (nSPS) is 10.5. The number of unbranched alkanes of at least 4 members (excludes halogenated alkanes) is 2. The summed E-state index contributed by atoms with van der Waals surface area (Å²) in [5.74, 6) is 1.74. The molecule has 17 heavy (non-hydrogen) atoms. The van der Waals surface area contributed by atoms with Gasteiger partial charge in [0.15, 0.2) is 0 Å². The van der Waals surface area contributed by atoms with E-state index in [1.165, 1.54) is 12.8 Å². The van der Waals surface area contributed by atoms with E-state index in [9.17, 15) is 0 Å². The minimum atomic E-state index is 0.244. The molecule has 0 spiro atoms. The number of rotatable bonds is 9. The summed E-state index contributed by atoms with van der Waals surface area (Å²) < 4.78 is 14.2. The van der Waals surface area contributed by atoms with Gasteiger partial charge in [0.25, 0.3) is 0 Å². The van der Waals surface area contributed by atoms with Crippen LogP contribution in [0.25, 0.3) is 0 Å². The van der Waals surface area contributed by atoms with Crippen molar-refractivity contribution in [2.75, 3.05) is 25.2 Å². The molecule has 0 saturated carbocycles. The Morgan fingerprint density at radius 2 is 2.00 bits per heavy atom. The van der Waals surface area contributed by atoms with Gasteiger partial charge in [0, 0.05) is 0 Å². The van der Waals surface area contributed by atoms with E-state index in [2.05, 4.69) is 8.46 Å². The number of benzene rings is 1. The van der Waals surface area contributed by atoms with Crippen molar-refractivity contribution in [3.8, 4) is 11.5 Å². The fourth-order valence-corrected chi connectivity index (χ4v) is 2.37. The minimum absolute atomic E-state index is 0.244. The molecule has 1 aromatic carbocycles. The zero-order chi connectivity index (χ0) is 12.3. The quantitative estimate of drug-likeness (QED) is 0.281. The van der Waals surface area contributed by atoms with Crippen LogP contribution in [0.1, 0.15) is 19.3 Å². The van der Waals surface area contributed by atoms with Gasteiger partial charge in [0.2, 0.25) is 0 Å². The molecule has 0 aromatic heterocycles. The molecule has 1 aromatic rings. The Bertz CT molecular complexity index is 307. The van der Waals surface area contributed by atoms with E-state index in [0.29, 0.717) is 0 Å². The molecule has 1 N–H and O–H groups in total. The molecule has 0 unspecified atom stereocenters. The van der Waals surface area contributed by atoms with Crippen molar-refractivity contribution in [3.63, 3.8) is 0 Å². The summed E-state index contributed by atoms with van der Waals surface area (Å²) in [5, 5.41) is 0. The Labute approximate surface area is 115 Å². The third-order valence-corrected chi connectivity index (χ3v) is 3.66. The molecule has 0 bridgehead atoms. The Morgan fingerprint density at radius 1 is 1.18 bits per heavy atom. The zero-order valence-electron chi connectivity index (χ0n) is 10.5. The van der Waals surface area contributed by atoms with Crippen LogP contribution in [0.3, 0.4) is 0 Å². The molecule has 0 aliphatic heterocycles. The number of ether oxygens (including phenoxy) is 2. The van der Waals surface area contributed by atoms with Crippen molar-refractivity contribution in [3.05, 3.63) is 24.3 Å². The Balaban J connectivity index is 2.09. The zero-order valence-corrected chi connectivity index (χ0v) is 12.7. The Morgan fingerprint density at radius 3 is 2.76 bits per heavy atom. The number of hydrogen-bond donors (Lipinski definition) is 1. The number of nitrogens with one attached hydrogen (secondary N) is 1. The van der Waals surface area contributed by atoms with E-state index in [4.69, 9.17) is 9.47 Å². The third-order valence-electron chi connectivity index (χ3n) is 2.36. The van der Waals surface area contributed by atoms with Gasteiger partial charge in [0.1, 0.15) is 0 Å². The molecule has 0 saturated heterocycles. The van der Waals surface area contributed by atoms with Gasteiger partial charge >= 0.3 is 115 Å². The van der Waals surface area contributed by atoms with Gasteiger partial charge in [0.05, 0.1) is 0 Å².